The third kappa shape index (κ3) is 4.46. The molecule has 0 saturated carbocycles. The highest BCUT2D eigenvalue weighted by molar-refractivity contribution is 5.50. The van der Waals surface area contributed by atoms with Gasteiger partial charge in [0.1, 0.15) is 0 Å². The molecule has 0 aliphatic heterocycles. The lowest BCUT2D eigenvalue weighted by molar-refractivity contribution is 1.13. The van der Waals surface area contributed by atoms with Gasteiger partial charge in [0.05, 0.1) is 0 Å². The number of aryl methyl sites for hydroxylation is 1. The lowest BCUT2D eigenvalue weighted by Crippen LogP contribution is -2.07. The smallest absolute Gasteiger partial charge is 0.0360 e. The number of hydrogen-bond donors (Lipinski definition) is 0. The average Bonchev–Trinajstić information content (AvgIpc) is 2.41. The van der Waals surface area contributed by atoms with Crippen molar-refractivity contribution in [3.8, 4) is 0 Å². The van der Waals surface area contributed by atoms with Crippen molar-refractivity contribution in [1.29, 1.82) is 0 Å². The molecule has 0 fully saturated rings. The fourth-order valence-electron chi connectivity index (χ4n) is 1.54. The van der Waals surface area contributed by atoms with Crippen molar-refractivity contribution in [2.75, 3.05) is 19.0 Å². The van der Waals surface area contributed by atoms with Gasteiger partial charge in [-0.25, -0.2) is 0 Å². The van der Waals surface area contributed by atoms with E-state index in [0.717, 1.165) is 0 Å². The first-order valence-corrected chi connectivity index (χ1v) is 6.05. The van der Waals surface area contributed by atoms with Crippen LogP contribution in [0.5, 0.6) is 0 Å². The van der Waals surface area contributed by atoms with Crippen LogP contribution in [0, 0.1) is 6.92 Å². The molecule has 18 heavy (non-hydrogen) atoms. The minimum atomic E-state index is 1.22. The molecule has 0 amide bonds. The zero-order valence-corrected chi connectivity index (χ0v) is 11.4. The molecule has 0 radical (unpaired) electrons. The Morgan fingerprint density at radius 3 is 1.83 bits per heavy atom. The Bertz CT molecular complexity index is 472. The number of benzene rings is 2. The number of hydrogen-bond acceptors (Lipinski definition) is 1. The Balaban J connectivity index is 0.000000180. The Labute approximate surface area is 110 Å². The second kappa shape index (κ2) is 7.33. The zero-order chi connectivity index (χ0) is 13.4. The fraction of sp³-hybridized carbons (Fsp3) is 0.176. The van der Waals surface area contributed by atoms with Gasteiger partial charge in [-0.15, -0.1) is 0 Å². The van der Waals surface area contributed by atoms with Crippen LogP contribution in [0.4, 0.5) is 5.69 Å². The van der Waals surface area contributed by atoms with Gasteiger partial charge < -0.3 is 4.90 Å². The second-order valence-electron chi connectivity index (χ2n) is 4.29. The summed E-state index contributed by atoms with van der Waals surface area (Å²) >= 11 is 0. The van der Waals surface area contributed by atoms with E-state index >= 15 is 0 Å². The topological polar surface area (TPSA) is 3.24 Å². The third-order valence-corrected chi connectivity index (χ3v) is 2.68. The van der Waals surface area contributed by atoms with Crippen molar-refractivity contribution in [2.45, 2.75) is 6.92 Å². The average molecular weight is 239 g/mol. The first-order chi connectivity index (χ1) is 8.65. The third-order valence-electron chi connectivity index (χ3n) is 2.68. The molecule has 0 aromatic heterocycles. The SMILES string of the molecule is C=Cc1ccccc1C.CN(C)c1ccccc1. The van der Waals surface area contributed by atoms with Gasteiger partial charge in [-0.2, -0.15) is 0 Å². The largest absolute Gasteiger partial charge is 0.378 e. The molecule has 0 aliphatic rings. The van der Waals surface area contributed by atoms with E-state index in [2.05, 4.69) is 42.7 Å². The minimum absolute atomic E-state index is 1.22. The normalized spacial score (nSPS) is 9.06. The summed E-state index contributed by atoms with van der Waals surface area (Å²) in [5.41, 5.74) is 3.75. The van der Waals surface area contributed by atoms with Crippen molar-refractivity contribution in [3.05, 3.63) is 72.3 Å². The molecule has 2 aromatic rings. The monoisotopic (exact) mass is 239 g/mol. The maximum absolute atomic E-state index is 3.69. The van der Waals surface area contributed by atoms with Crippen LogP contribution in [0.1, 0.15) is 11.1 Å². The molecule has 94 valence electrons. The highest BCUT2D eigenvalue weighted by Gasteiger charge is 1.88. The van der Waals surface area contributed by atoms with Crippen LogP contribution in [-0.4, -0.2) is 14.1 Å². The van der Waals surface area contributed by atoms with Gasteiger partial charge in [0.2, 0.25) is 0 Å². The molecule has 1 heteroatoms. The molecular formula is C17H21N. The van der Waals surface area contributed by atoms with E-state index < -0.39 is 0 Å². The maximum Gasteiger partial charge on any atom is 0.0360 e. The van der Waals surface area contributed by atoms with Crippen molar-refractivity contribution >= 4 is 11.8 Å². The number of rotatable bonds is 2. The van der Waals surface area contributed by atoms with Gasteiger partial charge in [0, 0.05) is 19.8 Å². The van der Waals surface area contributed by atoms with Crippen molar-refractivity contribution < 1.29 is 0 Å². The molecule has 0 saturated heterocycles. The Morgan fingerprint density at radius 1 is 0.889 bits per heavy atom. The van der Waals surface area contributed by atoms with Crippen LogP contribution in [-0.2, 0) is 0 Å². The van der Waals surface area contributed by atoms with Crippen LogP contribution in [0.15, 0.2) is 61.2 Å². The quantitative estimate of drug-likeness (QED) is 0.751. The molecule has 0 heterocycles. The van der Waals surface area contributed by atoms with Gasteiger partial charge >= 0.3 is 0 Å². The Kier molecular flexibility index (Phi) is 5.72. The summed E-state index contributed by atoms with van der Waals surface area (Å²) in [5, 5.41) is 0. The molecule has 0 bridgehead atoms. The van der Waals surface area contributed by atoms with E-state index in [1.807, 2.05) is 50.5 Å². The minimum Gasteiger partial charge on any atom is -0.378 e. The first-order valence-electron chi connectivity index (χ1n) is 6.05. The van der Waals surface area contributed by atoms with E-state index in [1.54, 1.807) is 0 Å². The second-order valence-corrected chi connectivity index (χ2v) is 4.29. The Hall–Kier alpha value is -2.02. The van der Waals surface area contributed by atoms with Crippen molar-refractivity contribution in [2.24, 2.45) is 0 Å². The molecule has 0 N–H and O–H groups in total. The van der Waals surface area contributed by atoms with Crippen LogP contribution >= 0.6 is 0 Å². The standard InChI is InChI=1S/C9H10.C8H11N/c1-3-9-7-5-4-6-8(9)2;1-9(2)8-6-4-3-5-7-8/h3-7H,1H2,2H3;3-7H,1-2H3. The van der Waals surface area contributed by atoms with Crippen molar-refractivity contribution in [1.82, 2.24) is 0 Å². The molecule has 2 aromatic carbocycles. The summed E-state index contributed by atoms with van der Waals surface area (Å²) in [7, 11) is 4.07. The summed E-state index contributed by atoms with van der Waals surface area (Å²) in [5.74, 6) is 0. The fourth-order valence-corrected chi connectivity index (χ4v) is 1.54. The molecular weight excluding hydrogens is 218 g/mol. The number of nitrogens with zero attached hydrogens (tertiary/aromatic N) is 1. The molecule has 1 nitrogen and oxygen atoms in total. The summed E-state index contributed by atoms with van der Waals surface area (Å²) in [6, 6.07) is 18.4. The molecule has 2 rings (SSSR count). The predicted octanol–water partition coefficient (Wildman–Crippen LogP) is 4.39. The highest BCUT2D eigenvalue weighted by Crippen LogP contribution is 2.07. The zero-order valence-electron chi connectivity index (χ0n) is 11.4. The van der Waals surface area contributed by atoms with Gasteiger partial charge in [-0.3, -0.25) is 0 Å². The van der Waals surface area contributed by atoms with E-state index in [1.165, 1.54) is 16.8 Å². The maximum atomic E-state index is 3.69. The summed E-state index contributed by atoms with van der Waals surface area (Å²) in [6.45, 7) is 5.77. The highest BCUT2D eigenvalue weighted by atomic mass is 15.1. The van der Waals surface area contributed by atoms with Crippen LogP contribution in [0.2, 0.25) is 0 Å². The van der Waals surface area contributed by atoms with E-state index in [9.17, 15) is 0 Å². The summed E-state index contributed by atoms with van der Waals surface area (Å²) < 4.78 is 0. The number of para-hydroxylation sites is 1. The molecule has 0 unspecified atom stereocenters. The first kappa shape index (κ1) is 14.0. The van der Waals surface area contributed by atoms with E-state index in [0.29, 0.717) is 0 Å². The molecule has 0 atom stereocenters. The van der Waals surface area contributed by atoms with Crippen LogP contribution < -0.4 is 4.90 Å². The van der Waals surface area contributed by atoms with Crippen LogP contribution in [0.3, 0.4) is 0 Å². The van der Waals surface area contributed by atoms with E-state index in [-0.39, 0.29) is 0 Å². The summed E-state index contributed by atoms with van der Waals surface area (Å²) in [4.78, 5) is 2.08. The van der Waals surface area contributed by atoms with Gasteiger partial charge in [0.25, 0.3) is 0 Å². The Morgan fingerprint density at radius 2 is 1.44 bits per heavy atom. The number of anilines is 1. The lowest BCUT2D eigenvalue weighted by atomic mass is 10.1. The van der Waals surface area contributed by atoms with Crippen LogP contribution in [0.25, 0.3) is 6.08 Å². The molecule has 0 aliphatic carbocycles. The molecule has 0 spiro atoms. The van der Waals surface area contributed by atoms with Gasteiger partial charge in [0.15, 0.2) is 0 Å². The summed E-state index contributed by atoms with van der Waals surface area (Å²) in [6.07, 6.45) is 1.87. The van der Waals surface area contributed by atoms with E-state index in [4.69, 9.17) is 0 Å². The van der Waals surface area contributed by atoms with Crippen molar-refractivity contribution in [3.63, 3.8) is 0 Å². The van der Waals surface area contributed by atoms with Gasteiger partial charge in [-0.1, -0.05) is 55.1 Å². The lowest BCUT2D eigenvalue weighted by Gasteiger charge is -2.10. The van der Waals surface area contributed by atoms with Gasteiger partial charge in [-0.05, 0) is 30.2 Å². The predicted molar refractivity (Wildman–Crippen MR) is 82.0 cm³/mol.